The maximum absolute atomic E-state index is 10.5. The second kappa shape index (κ2) is 4.49. The Bertz CT molecular complexity index is 237. The van der Waals surface area contributed by atoms with Gasteiger partial charge in [-0.2, -0.15) is 0 Å². The van der Waals surface area contributed by atoms with Gasteiger partial charge in [-0.1, -0.05) is 34.6 Å². The topological polar surface area (TPSA) is 23.2 Å². The Morgan fingerprint density at radius 1 is 1.36 bits per heavy atom. The highest BCUT2D eigenvalue weighted by molar-refractivity contribution is 14.1. The molecule has 0 aromatic heterocycles. The van der Waals surface area contributed by atoms with Gasteiger partial charge in [0.1, 0.15) is 5.72 Å². The van der Waals surface area contributed by atoms with Gasteiger partial charge in [0.25, 0.3) is 0 Å². The lowest BCUT2D eigenvalue weighted by molar-refractivity contribution is -0.0134. The molecule has 1 fully saturated rings. The highest BCUT2D eigenvalue weighted by Gasteiger charge is 2.39. The summed E-state index contributed by atoms with van der Waals surface area (Å²) in [5.74, 6) is 0. The molecule has 0 aromatic rings. The number of rotatable bonds is 2. The molecule has 0 bridgehead atoms. The van der Waals surface area contributed by atoms with Gasteiger partial charge < -0.3 is 5.11 Å². The molecular formula is C11H18INO. The van der Waals surface area contributed by atoms with Crippen LogP contribution in [0.5, 0.6) is 0 Å². The van der Waals surface area contributed by atoms with Crippen LogP contribution in [0.25, 0.3) is 0 Å². The summed E-state index contributed by atoms with van der Waals surface area (Å²) in [5.41, 5.74) is 0.834. The van der Waals surface area contributed by atoms with E-state index >= 15 is 0 Å². The molecule has 2 aliphatic rings. The summed E-state index contributed by atoms with van der Waals surface area (Å²) >= 11 is 2.40. The van der Waals surface area contributed by atoms with Crippen molar-refractivity contribution in [3.63, 3.8) is 0 Å². The third-order valence-electron chi connectivity index (χ3n) is 3.14. The number of aliphatic hydroxyl groups is 1. The Morgan fingerprint density at radius 2 is 2.14 bits per heavy atom. The van der Waals surface area contributed by atoms with E-state index in [2.05, 4.69) is 33.6 Å². The van der Waals surface area contributed by atoms with Crippen LogP contribution >= 0.6 is 22.6 Å². The molecule has 0 amide bonds. The average molecular weight is 307 g/mol. The fourth-order valence-electron chi connectivity index (χ4n) is 2.18. The molecule has 1 unspecified atom stereocenters. The minimum absolute atomic E-state index is 0.596. The molecule has 0 saturated carbocycles. The molecule has 0 radical (unpaired) electrons. The lowest BCUT2D eigenvalue weighted by atomic mass is 9.95. The van der Waals surface area contributed by atoms with Crippen molar-refractivity contribution < 1.29 is 5.11 Å². The largest absolute Gasteiger partial charge is 0.372 e. The third-order valence-corrected chi connectivity index (χ3v) is 4.12. The summed E-state index contributed by atoms with van der Waals surface area (Å²) in [6.07, 6.45) is 7.96. The zero-order chi connectivity index (χ0) is 10.0. The van der Waals surface area contributed by atoms with Crippen LogP contribution in [0.1, 0.15) is 32.1 Å². The van der Waals surface area contributed by atoms with E-state index in [-0.39, 0.29) is 0 Å². The zero-order valence-electron chi connectivity index (χ0n) is 8.51. The monoisotopic (exact) mass is 307 g/mol. The number of hydrogen-bond acceptors (Lipinski definition) is 2. The summed E-state index contributed by atoms with van der Waals surface area (Å²) in [5, 5.41) is 10.5. The SMILES string of the molecule is OC1(N2CC2)C=C(CI)CCCCC1. The van der Waals surface area contributed by atoms with Crippen molar-refractivity contribution in [3.05, 3.63) is 11.6 Å². The van der Waals surface area contributed by atoms with Gasteiger partial charge >= 0.3 is 0 Å². The number of halogens is 1. The molecule has 14 heavy (non-hydrogen) atoms. The van der Waals surface area contributed by atoms with Crippen LogP contribution in [-0.4, -0.2) is 33.2 Å². The Hall–Kier alpha value is 0.390. The van der Waals surface area contributed by atoms with E-state index in [9.17, 15) is 5.11 Å². The van der Waals surface area contributed by atoms with Gasteiger partial charge in [-0.25, -0.2) is 0 Å². The maximum atomic E-state index is 10.5. The fourth-order valence-corrected chi connectivity index (χ4v) is 2.78. The number of alkyl halides is 1. The van der Waals surface area contributed by atoms with Gasteiger partial charge in [0, 0.05) is 17.5 Å². The summed E-state index contributed by atoms with van der Waals surface area (Å²) < 4.78 is 1.06. The summed E-state index contributed by atoms with van der Waals surface area (Å²) in [6, 6.07) is 0. The zero-order valence-corrected chi connectivity index (χ0v) is 10.7. The molecule has 2 rings (SSSR count). The fraction of sp³-hybridized carbons (Fsp3) is 0.818. The van der Waals surface area contributed by atoms with E-state index in [1.807, 2.05) is 0 Å². The van der Waals surface area contributed by atoms with Gasteiger partial charge in [-0.15, -0.1) is 0 Å². The van der Waals surface area contributed by atoms with Crippen LogP contribution < -0.4 is 0 Å². The minimum atomic E-state index is -0.596. The van der Waals surface area contributed by atoms with E-state index < -0.39 is 5.72 Å². The van der Waals surface area contributed by atoms with Crippen LogP contribution in [0.4, 0.5) is 0 Å². The molecule has 1 heterocycles. The molecule has 2 nitrogen and oxygen atoms in total. The maximum Gasteiger partial charge on any atom is 0.137 e. The molecule has 80 valence electrons. The first-order valence-corrected chi connectivity index (χ1v) is 7.01. The molecule has 1 aliphatic carbocycles. The summed E-state index contributed by atoms with van der Waals surface area (Å²) in [4.78, 5) is 2.17. The predicted octanol–water partition coefficient (Wildman–Crippen LogP) is 2.32. The second-order valence-corrected chi connectivity index (χ2v) is 5.13. The average Bonchev–Trinajstić information content (AvgIpc) is 2.94. The molecule has 1 N–H and O–H groups in total. The smallest absolute Gasteiger partial charge is 0.137 e. The molecule has 1 aliphatic heterocycles. The number of nitrogens with zero attached hydrogens (tertiary/aromatic N) is 1. The van der Waals surface area contributed by atoms with E-state index in [1.54, 1.807) is 0 Å². The first-order valence-electron chi connectivity index (χ1n) is 5.48. The van der Waals surface area contributed by atoms with E-state index in [0.717, 1.165) is 30.4 Å². The van der Waals surface area contributed by atoms with Crippen LogP contribution in [0.3, 0.4) is 0 Å². The van der Waals surface area contributed by atoms with Crippen molar-refractivity contribution in [2.24, 2.45) is 0 Å². The van der Waals surface area contributed by atoms with Crippen molar-refractivity contribution in [3.8, 4) is 0 Å². The van der Waals surface area contributed by atoms with E-state index in [4.69, 9.17) is 0 Å². The molecule has 1 atom stereocenters. The van der Waals surface area contributed by atoms with E-state index in [0.29, 0.717) is 0 Å². The van der Waals surface area contributed by atoms with Gasteiger partial charge in [0.15, 0.2) is 0 Å². The Balaban J connectivity index is 2.14. The van der Waals surface area contributed by atoms with Crippen LogP contribution in [-0.2, 0) is 0 Å². The normalized spacial score (nSPS) is 34.6. The highest BCUT2D eigenvalue weighted by atomic mass is 127. The summed E-state index contributed by atoms with van der Waals surface area (Å²) in [7, 11) is 0. The van der Waals surface area contributed by atoms with Crippen LogP contribution in [0.15, 0.2) is 11.6 Å². The van der Waals surface area contributed by atoms with Crippen molar-refractivity contribution in [2.75, 3.05) is 17.5 Å². The minimum Gasteiger partial charge on any atom is -0.372 e. The predicted molar refractivity (Wildman–Crippen MR) is 66.6 cm³/mol. The van der Waals surface area contributed by atoms with Crippen molar-refractivity contribution in [2.45, 2.75) is 37.8 Å². The summed E-state index contributed by atoms with van der Waals surface area (Å²) in [6.45, 7) is 2.14. The van der Waals surface area contributed by atoms with Crippen molar-refractivity contribution in [1.29, 1.82) is 0 Å². The quantitative estimate of drug-likeness (QED) is 0.366. The number of hydrogen-bond donors (Lipinski definition) is 1. The standard InChI is InChI=1S/C11H18INO/c12-9-10-4-2-1-3-5-11(14,8-10)13-6-7-13/h8,14H,1-7,9H2. The first kappa shape index (κ1) is 10.9. The van der Waals surface area contributed by atoms with Crippen LogP contribution in [0, 0.1) is 0 Å². The Morgan fingerprint density at radius 3 is 2.79 bits per heavy atom. The van der Waals surface area contributed by atoms with Gasteiger partial charge in [0.05, 0.1) is 0 Å². The highest BCUT2D eigenvalue weighted by Crippen LogP contribution is 2.32. The molecule has 0 spiro atoms. The number of allylic oxidation sites excluding steroid dienone is 1. The van der Waals surface area contributed by atoms with Crippen LogP contribution in [0.2, 0.25) is 0 Å². The Kier molecular flexibility index (Phi) is 3.50. The second-order valence-electron chi connectivity index (χ2n) is 4.36. The van der Waals surface area contributed by atoms with Gasteiger partial charge in [-0.3, -0.25) is 4.90 Å². The van der Waals surface area contributed by atoms with E-state index in [1.165, 1.54) is 24.8 Å². The lowest BCUT2D eigenvalue weighted by Gasteiger charge is -2.29. The van der Waals surface area contributed by atoms with Gasteiger partial charge in [-0.05, 0) is 31.8 Å². The third kappa shape index (κ3) is 2.49. The molecular weight excluding hydrogens is 289 g/mol. The molecule has 3 heteroatoms. The van der Waals surface area contributed by atoms with Gasteiger partial charge in [0.2, 0.25) is 0 Å². The molecule has 0 aromatic carbocycles. The lowest BCUT2D eigenvalue weighted by Crippen LogP contribution is -2.36. The van der Waals surface area contributed by atoms with Crippen molar-refractivity contribution >= 4 is 22.6 Å². The first-order chi connectivity index (χ1) is 6.74. The Labute approximate surface area is 99.5 Å². The molecule has 1 saturated heterocycles. The van der Waals surface area contributed by atoms with Crippen molar-refractivity contribution in [1.82, 2.24) is 4.90 Å².